The van der Waals surface area contributed by atoms with Gasteiger partial charge in [0.15, 0.2) is 5.96 Å². The highest BCUT2D eigenvalue weighted by molar-refractivity contribution is 5.94. The number of hydrogen-bond donors (Lipinski definition) is 2. The number of rotatable bonds is 7. The van der Waals surface area contributed by atoms with Crippen molar-refractivity contribution in [2.24, 2.45) is 4.99 Å². The Hall–Kier alpha value is -2.82. The maximum absolute atomic E-state index is 12.6. The number of amides is 1. The Morgan fingerprint density at radius 3 is 2.37 bits per heavy atom. The van der Waals surface area contributed by atoms with Crippen LogP contribution in [0.4, 0.5) is 0 Å². The molecule has 1 atom stereocenters. The van der Waals surface area contributed by atoms with E-state index in [2.05, 4.69) is 46.8 Å². The fraction of sp³-hybridized carbons (Fsp3) is 0.440. The van der Waals surface area contributed by atoms with Gasteiger partial charge in [-0.3, -0.25) is 9.79 Å². The lowest BCUT2D eigenvalue weighted by molar-refractivity contribution is 0.0724. The van der Waals surface area contributed by atoms with E-state index in [1.807, 2.05) is 35.2 Å². The topological polar surface area (TPSA) is 56.7 Å². The van der Waals surface area contributed by atoms with Gasteiger partial charge < -0.3 is 15.5 Å². The fourth-order valence-corrected chi connectivity index (χ4v) is 3.76. The minimum Gasteiger partial charge on any atom is -0.354 e. The van der Waals surface area contributed by atoms with Gasteiger partial charge in [0.1, 0.15) is 0 Å². The molecule has 2 aromatic rings. The van der Waals surface area contributed by atoms with Crippen molar-refractivity contribution in [1.82, 2.24) is 15.5 Å². The average Bonchev–Trinajstić information content (AvgIpc) is 2.81. The van der Waals surface area contributed by atoms with E-state index in [4.69, 9.17) is 0 Å². The van der Waals surface area contributed by atoms with Crippen molar-refractivity contribution in [3.63, 3.8) is 0 Å². The number of hydrogen-bond acceptors (Lipinski definition) is 2. The predicted molar refractivity (Wildman–Crippen MR) is 124 cm³/mol. The van der Waals surface area contributed by atoms with Crippen LogP contribution in [0.25, 0.3) is 0 Å². The number of likely N-dealkylation sites (tertiary alicyclic amines) is 1. The zero-order chi connectivity index (χ0) is 21.2. The normalized spacial score (nSPS) is 15.5. The lowest BCUT2D eigenvalue weighted by Gasteiger charge is -2.26. The van der Waals surface area contributed by atoms with Crippen LogP contribution in [0.15, 0.2) is 59.6 Å². The average molecular weight is 407 g/mol. The maximum atomic E-state index is 12.6. The van der Waals surface area contributed by atoms with E-state index in [1.54, 1.807) is 7.05 Å². The summed E-state index contributed by atoms with van der Waals surface area (Å²) in [5.41, 5.74) is 3.26. The van der Waals surface area contributed by atoms with Crippen LogP contribution in [0, 0.1) is 0 Å². The summed E-state index contributed by atoms with van der Waals surface area (Å²) in [4.78, 5) is 18.9. The second-order valence-corrected chi connectivity index (χ2v) is 8.05. The zero-order valence-electron chi connectivity index (χ0n) is 18.2. The van der Waals surface area contributed by atoms with E-state index in [-0.39, 0.29) is 5.91 Å². The van der Waals surface area contributed by atoms with Gasteiger partial charge in [-0.1, -0.05) is 42.5 Å². The van der Waals surface area contributed by atoms with Crippen molar-refractivity contribution in [3.8, 4) is 0 Å². The standard InChI is InChI=1S/C25H34N4O/c1-20(11-12-21-9-5-3-6-10-21)28-25(26-2)27-19-22-13-15-23(16-14-22)24(30)29-17-7-4-8-18-29/h3,5-6,9-10,13-16,20H,4,7-8,11-12,17-19H2,1-2H3,(H2,26,27,28). The minimum absolute atomic E-state index is 0.152. The molecule has 1 unspecified atom stereocenters. The molecule has 1 heterocycles. The van der Waals surface area contributed by atoms with Gasteiger partial charge in [-0.2, -0.15) is 0 Å². The Bertz CT molecular complexity index is 811. The maximum Gasteiger partial charge on any atom is 0.253 e. The SMILES string of the molecule is CN=C(NCc1ccc(C(=O)N2CCCCC2)cc1)NC(C)CCc1ccccc1. The first-order chi connectivity index (χ1) is 14.7. The Morgan fingerprint density at radius 1 is 1.00 bits per heavy atom. The van der Waals surface area contributed by atoms with Crippen LogP contribution >= 0.6 is 0 Å². The molecule has 2 aromatic carbocycles. The van der Waals surface area contributed by atoms with Crippen LogP contribution in [0.2, 0.25) is 0 Å². The number of nitrogens with one attached hydrogen (secondary N) is 2. The first kappa shape index (κ1) is 21.9. The molecule has 3 rings (SSSR count). The largest absolute Gasteiger partial charge is 0.354 e. The van der Waals surface area contributed by atoms with Gasteiger partial charge in [0.25, 0.3) is 5.91 Å². The van der Waals surface area contributed by atoms with Gasteiger partial charge in [0.05, 0.1) is 0 Å². The van der Waals surface area contributed by atoms with Crippen LogP contribution in [-0.2, 0) is 13.0 Å². The van der Waals surface area contributed by atoms with Crippen LogP contribution < -0.4 is 10.6 Å². The van der Waals surface area contributed by atoms with E-state index in [1.165, 1.54) is 12.0 Å². The number of guanidine groups is 1. The van der Waals surface area contributed by atoms with Gasteiger partial charge in [-0.25, -0.2) is 0 Å². The van der Waals surface area contributed by atoms with Crippen LogP contribution in [0.5, 0.6) is 0 Å². The summed E-state index contributed by atoms with van der Waals surface area (Å²) >= 11 is 0. The molecule has 5 nitrogen and oxygen atoms in total. The van der Waals surface area contributed by atoms with Crippen molar-refractivity contribution >= 4 is 11.9 Å². The lowest BCUT2D eigenvalue weighted by Crippen LogP contribution is -2.42. The molecule has 0 spiro atoms. The Kier molecular flexibility index (Phi) is 8.30. The smallest absolute Gasteiger partial charge is 0.253 e. The molecule has 1 aliphatic rings. The van der Waals surface area contributed by atoms with Crippen LogP contribution in [0.3, 0.4) is 0 Å². The molecular weight excluding hydrogens is 372 g/mol. The highest BCUT2D eigenvalue weighted by Crippen LogP contribution is 2.14. The highest BCUT2D eigenvalue weighted by atomic mass is 16.2. The zero-order valence-corrected chi connectivity index (χ0v) is 18.2. The van der Waals surface area contributed by atoms with E-state index < -0.39 is 0 Å². The first-order valence-corrected chi connectivity index (χ1v) is 11.0. The molecule has 1 aliphatic heterocycles. The van der Waals surface area contributed by atoms with Gasteiger partial charge in [-0.05, 0) is 62.3 Å². The van der Waals surface area contributed by atoms with Crippen molar-refractivity contribution < 1.29 is 4.79 Å². The summed E-state index contributed by atoms with van der Waals surface area (Å²) in [5.74, 6) is 0.947. The molecule has 1 fully saturated rings. The predicted octanol–water partition coefficient (Wildman–Crippen LogP) is 4.00. The summed E-state index contributed by atoms with van der Waals surface area (Å²) in [6.07, 6.45) is 5.54. The summed E-state index contributed by atoms with van der Waals surface area (Å²) in [6.45, 7) is 4.61. The second-order valence-electron chi connectivity index (χ2n) is 8.05. The second kappa shape index (κ2) is 11.4. The molecular formula is C25H34N4O. The molecule has 0 aromatic heterocycles. The van der Waals surface area contributed by atoms with Crippen molar-refractivity contribution in [2.75, 3.05) is 20.1 Å². The summed E-state index contributed by atoms with van der Waals surface area (Å²) in [6, 6.07) is 18.8. The van der Waals surface area contributed by atoms with Crippen LogP contribution in [0.1, 0.15) is 54.1 Å². The number of carbonyl (C=O) groups excluding carboxylic acids is 1. The fourth-order valence-electron chi connectivity index (χ4n) is 3.76. The molecule has 1 saturated heterocycles. The van der Waals surface area contributed by atoms with Gasteiger partial charge in [-0.15, -0.1) is 0 Å². The number of benzene rings is 2. The number of piperidine rings is 1. The van der Waals surface area contributed by atoms with E-state index in [0.29, 0.717) is 12.6 Å². The Morgan fingerprint density at radius 2 is 1.70 bits per heavy atom. The third-order valence-corrected chi connectivity index (χ3v) is 5.62. The number of nitrogens with zero attached hydrogens (tertiary/aromatic N) is 2. The minimum atomic E-state index is 0.152. The first-order valence-electron chi connectivity index (χ1n) is 11.0. The third-order valence-electron chi connectivity index (χ3n) is 5.62. The molecule has 1 amide bonds. The Labute approximate surface area is 180 Å². The number of carbonyl (C=O) groups is 1. The van der Waals surface area contributed by atoms with Crippen LogP contribution in [-0.4, -0.2) is 42.9 Å². The van der Waals surface area contributed by atoms with Crippen molar-refractivity contribution in [2.45, 2.75) is 51.6 Å². The van der Waals surface area contributed by atoms with Gasteiger partial charge in [0, 0.05) is 38.3 Å². The molecule has 0 radical (unpaired) electrons. The molecule has 2 N–H and O–H groups in total. The molecule has 5 heteroatoms. The summed E-state index contributed by atoms with van der Waals surface area (Å²) in [7, 11) is 1.79. The lowest BCUT2D eigenvalue weighted by atomic mass is 10.1. The molecule has 0 bridgehead atoms. The molecule has 0 aliphatic carbocycles. The molecule has 30 heavy (non-hydrogen) atoms. The van der Waals surface area contributed by atoms with E-state index in [0.717, 1.165) is 55.9 Å². The van der Waals surface area contributed by atoms with E-state index in [9.17, 15) is 4.79 Å². The quantitative estimate of drug-likeness (QED) is 0.540. The van der Waals surface area contributed by atoms with Crippen molar-refractivity contribution in [1.29, 1.82) is 0 Å². The highest BCUT2D eigenvalue weighted by Gasteiger charge is 2.17. The van der Waals surface area contributed by atoms with Gasteiger partial charge >= 0.3 is 0 Å². The summed E-state index contributed by atoms with van der Waals surface area (Å²) < 4.78 is 0. The van der Waals surface area contributed by atoms with Crippen molar-refractivity contribution in [3.05, 3.63) is 71.3 Å². The number of aliphatic imine (C=N–C) groups is 1. The summed E-state index contributed by atoms with van der Waals surface area (Å²) in [5, 5.41) is 6.83. The van der Waals surface area contributed by atoms with E-state index >= 15 is 0 Å². The molecule has 160 valence electrons. The number of aryl methyl sites for hydroxylation is 1. The Balaban J connectivity index is 1.44. The monoisotopic (exact) mass is 406 g/mol. The molecule has 0 saturated carbocycles. The third kappa shape index (κ3) is 6.61. The van der Waals surface area contributed by atoms with Gasteiger partial charge in [0.2, 0.25) is 0 Å².